The zero-order chi connectivity index (χ0) is 30.6. The van der Waals surface area contributed by atoms with Gasteiger partial charge in [0, 0.05) is 40.8 Å². The van der Waals surface area contributed by atoms with Gasteiger partial charge in [-0.1, -0.05) is 60.6 Å². The van der Waals surface area contributed by atoms with Crippen LogP contribution >= 0.6 is 0 Å². The summed E-state index contributed by atoms with van der Waals surface area (Å²) in [6, 6.07) is 14.7. The van der Waals surface area contributed by atoms with Gasteiger partial charge >= 0.3 is 0 Å². The second kappa shape index (κ2) is 13.8. The van der Waals surface area contributed by atoms with Crippen molar-refractivity contribution in [3.8, 4) is 0 Å². The summed E-state index contributed by atoms with van der Waals surface area (Å²) in [7, 11) is 0. The van der Waals surface area contributed by atoms with Crippen LogP contribution in [-0.4, -0.2) is 19.7 Å². The van der Waals surface area contributed by atoms with Crippen molar-refractivity contribution >= 4 is 59.4 Å². The Bertz CT molecular complexity index is 1540. The molecule has 2 atom stereocenters. The molecule has 0 aliphatic rings. The van der Waals surface area contributed by atoms with Crippen LogP contribution in [0.2, 0.25) is 0 Å². The number of nitrogens with zero attached hydrogens (tertiary/aromatic N) is 6. The first-order valence-electron chi connectivity index (χ1n) is 11.8. The number of rotatable bonds is 11. The fraction of sp³-hybridized carbons (Fsp3) is 0.0769. The van der Waals surface area contributed by atoms with Gasteiger partial charge in [0.15, 0.2) is 0 Å². The topological polar surface area (TPSA) is 201 Å². The SMILES string of the molecule is O=[N+]([O-])c1cccc([N+](=O)[O-])c1C([N-]c1ccccc1[S-])C([N-]c1ccccc1[S-])c1c([N+](=O)[O-])cccc1[N+](=O)[O-].[Ni]. The summed E-state index contributed by atoms with van der Waals surface area (Å²) in [4.78, 5) is 45.6. The van der Waals surface area contributed by atoms with Crippen molar-refractivity contribution in [1.82, 2.24) is 0 Å². The van der Waals surface area contributed by atoms with Gasteiger partial charge < -0.3 is 35.9 Å². The second-order valence-corrected chi connectivity index (χ2v) is 9.41. The number of para-hydroxylation sites is 2. The predicted molar refractivity (Wildman–Crippen MR) is 155 cm³/mol. The maximum atomic E-state index is 12.2. The van der Waals surface area contributed by atoms with E-state index < -0.39 is 65.7 Å². The van der Waals surface area contributed by atoms with E-state index in [0.29, 0.717) is 0 Å². The van der Waals surface area contributed by atoms with Gasteiger partial charge in [0.05, 0.1) is 30.8 Å². The Morgan fingerprint density at radius 1 is 0.488 bits per heavy atom. The summed E-state index contributed by atoms with van der Waals surface area (Å²) < 4.78 is 0. The number of hydrogen-bond donors (Lipinski definition) is 0. The summed E-state index contributed by atoms with van der Waals surface area (Å²) >= 11 is 10.7. The molecule has 4 rings (SSSR count). The quantitative estimate of drug-likeness (QED) is 0.0677. The fourth-order valence-corrected chi connectivity index (χ4v) is 4.74. The Hall–Kier alpha value is -4.99. The van der Waals surface area contributed by atoms with Crippen molar-refractivity contribution in [2.45, 2.75) is 21.9 Å². The van der Waals surface area contributed by atoms with Crippen molar-refractivity contribution in [1.29, 1.82) is 0 Å². The average Bonchev–Trinajstić information content (AvgIpc) is 2.95. The van der Waals surface area contributed by atoms with E-state index in [1.807, 2.05) is 0 Å². The monoisotopic (exact) mass is 662 g/mol. The normalized spacial score (nSPS) is 11.8. The van der Waals surface area contributed by atoms with Crippen molar-refractivity contribution in [2.24, 2.45) is 0 Å². The molecule has 0 heterocycles. The second-order valence-electron chi connectivity index (χ2n) is 8.53. The molecule has 0 aliphatic heterocycles. The Labute approximate surface area is 263 Å². The maximum absolute atomic E-state index is 12.2. The zero-order valence-electron chi connectivity index (χ0n) is 21.3. The molecule has 0 fully saturated rings. The molecule has 17 heteroatoms. The predicted octanol–water partition coefficient (Wildman–Crippen LogP) is 7.32. The summed E-state index contributed by atoms with van der Waals surface area (Å²) in [5, 5.41) is 57.9. The first kappa shape index (κ1) is 32.5. The first-order valence-corrected chi connectivity index (χ1v) is 12.6. The number of nitro groups is 4. The Morgan fingerprint density at radius 2 is 0.767 bits per heavy atom. The minimum Gasteiger partial charge on any atom is -0.781 e. The molecule has 0 aromatic heterocycles. The van der Waals surface area contributed by atoms with Crippen LogP contribution in [0, 0.1) is 40.5 Å². The van der Waals surface area contributed by atoms with Crippen LogP contribution in [0.1, 0.15) is 23.2 Å². The molecule has 43 heavy (non-hydrogen) atoms. The molecule has 0 spiro atoms. The van der Waals surface area contributed by atoms with E-state index in [-0.39, 0.29) is 37.7 Å². The van der Waals surface area contributed by atoms with Crippen LogP contribution in [0.15, 0.2) is 94.7 Å². The Morgan fingerprint density at radius 3 is 1.02 bits per heavy atom. The molecule has 0 bridgehead atoms. The first-order chi connectivity index (χ1) is 20.0. The third-order valence-electron chi connectivity index (χ3n) is 6.08. The molecular formula is C26H16N6NiO8S2-4. The van der Waals surface area contributed by atoms with Crippen molar-refractivity contribution in [3.05, 3.63) is 147 Å². The van der Waals surface area contributed by atoms with E-state index in [2.05, 4.69) is 10.6 Å². The molecule has 4 aromatic carbocycles. The Balaban J connectivity index is 0.00000506. The molecule has 0 saturated heterocycles. The smallest absolute Gasteiger partial charge is 0.278 e. The summed E-state index contributed by atoms with van der Waals surface area (Å²) in [6.07, 6.45) is 0. The van der Waals surface area contributed by atoms with Gasteiger partial charge in [-0.15, -0.1) is 0 Å². The molecule has 0 N–H and O–H groups in total. The number of hydrogen-bond acceptors (Lipinski definition) is 10. The maximum Gasteiger partial charge on any atom is 0.278 e. The van der Waals surface area contributed by atoms with Gasteiger partial charge in [0.2, 0.25) is 0 Å². The molecule has 0 amide bonds. The van der Waals surface area contributed by atoms with E-state index in [4.69, 9.17) is 25.3 Å². The average molecular weight is 663 g/mol. The van der Waals surface area contributed by atoms with E-state index >= 15 is 0 Å². The molecule has 224 valence electrons. The number of nitro benzene ring substituents is 4. The molecule has 2 unspecified atom stereocenters. The summed E-state index contributed by atoms with van der Waals surface area (Å²) in [6.45, 7) is 0. The molecule has 0 saturated carbocycles. The Kier molecular flexibility index (Phi) is 10.4. The summed E-state index contributed by atoms with van der Waals surface area (Å²) in [5.41, 5.74) is -4.12. The van der Waals surface area contributed by atoms with Crippen molar-refractivity contribution < 1.29 is 36.2 Å². The van der Waals surface area contributed by atoms with Crippen LogP contribution in [0.5, 0.6) is 0 Å². The van der Waals surface area contributed by atoms with Crippen LogP contribution < -0.4 is 0 Å². The van der Waals surface area contributed by atoms with Crippen LogP contribution in [0.25, 0.3) is 10.6 Å². The third kappa shape index (κ3) is 6.91. The third-order valence-corrected chi connectivity index (χ3v) is 6.77. The van der Waals surface area contributed by atoms with Gasteiger partial charge in [0.1, 0.15) is 0 Å². The van der Waals surface area contributed by atoms with E-state index in [1.54, 1.807) is 12.1 Å². The standard InChI is InChI=1S/C26H18N6O8S2.Ni/c33-29(34)17-9-5-10-18(30(35)36)23(17)25(27-15-7-1-3-13-21(15)41)26(28-16-8-2-4-14-22(16)42)24-19(31(37)38)11-6-12-20(24)32(39)40;/h1-14,25-26,41-42H;/q-2;/p-2. The van der Waals surface area contributed by atoms with Gasteiger partial charge in [-0.05, 0) is 12.1 Å². The van der Waals surface area contributed by atoms with Crippen LogP contribution in [-0.2, 0) is 41.7 Å². The van der Waals surface area contributed by atoms with Gasteiger partial charge in [0.25, 0.3) is 22.7 Å². The molecule has 14 nitrogen and oxygen atoms in total. The van der Waals surface area contributed by atoms with Crippen molar-refractivity contribution in [3.63, 3.8) is 0 Å². The van der Waals surface area contributed by atoms with Gasteiger partial charge in [-0.3, -0.25) is 40.5 Å². The van der Waals surface area contributed by atoms with E-state index in [0.717, 1.165) is 36.4 Å². The van der Waals surface area contributed by atoms with Gasteiger partial charge in [-0.2, -0.15) is 21.2 Å². The fourth-order valence-electron chi connectivity index (χ4n) is 4.34. The molecule has 0 radical (unpaired) electrons. The van der Waals surface area contributed by atoms with E-state index in [9.17, 15) is 40.5 Å². The molecular weight excluding hydrogens is 647 g/mol. The zero-order valence-corrected chi connectivity index (χ0v) is 23.9. The molecule has 0 aliphatic carbocycles. The minimum atomic E-state index is -1.80. The van der Waals surface area contributed by atoms with E-state index in [1.165, 1.54) is 36.4 Å². The van der Waals surface area contributed by atoms with Gasteiger partial charge in [-0.25, -0.2) is 0 Å². The van der Waals surface area contributed by atoms with Crippen LogP contribution in [0.4, 0.5) is 34.1 Å². The number of benzene rings is 4. The summed E-state index contributed by atoms with van der Waals surface area (Å²) in [5.74, 6) is 0. The van der Waals surface area contributed by atoms with Crippen molar-refractivity contribution in [2.75, 3.05) is 0 Å². The van der Waals surface area contributed by atoms with Crippen LogP contribution in [0.3, 0.4) is 0 Å². The largest absolute Gasteiger partial charge is 0.781 e. The minimum absolute atomic E-state index is 0. The molecule has 4 aromatic rings.